The highest BCUT2D eigenvalue weighted by Crippen LogP contribution is 2.42. The van der Waals surface area contributed by atoms with Crippen molar-refractivity contribution in [2.24, 2.45) is 10.8 Å². The van der Waals surface area contributed by atoms with Gasteiger partial charge in [0.25, 0.3) is 0 Å². The molecule has 26 heavy (non-hydrogen) atoms. The number of carbonyl (C=O) groups is 1. The van der Waals surface area contributed by atoms with Crippen LogP contribution in [0.25, 0.3) is 0 Å². The molecule has 0 saturated carbocycles. The lowest BCUT2D eigenvalue weighted by atomic mass is 9.68. The van der Waals surface area contributed by atoms with Gasteiger partial charge in [0.15, 0.2) is 0 Å². The maximum Gasteiger partial charge on any atom is 0.222 e. The standard InChI is InChI=1S/C24H49NO/c1-9-14-15-16-17-18-19-22(26)25(8)21(24(7,12-4)13-5)20-23(6,10-2)11-3/h21H,9-20H2,1-8H3. The first-order valence-electron chi connectivity index (χ1n) is 11.5. The largest absolute Gasteiger partial charge is 0.342 e. The molecule has 0 aromatic rings. The Bertz CT molecular complexity index is 368. The summed E-state index contributed by atoms with van der Waals surface area (Å²) in [5.74, 6) is 0.355. The van der Waals surface area contributed by atoms with Gasteiger partial charge in [0, 0.05) is 19.5 Å². The molecule has 2 nitrogen and oxygen atoms in total. The van der Waals surface area contributed by atoms with E-state index in [0.717, 1.165) is 32.1 Å². The monoisotopic (exact) mass is 367 g/mol. The molecule has 0 N–H and O–H groups in total. The molecule has 0 aliphatic rings. The molecule has 0 aromatic carbocycles. The fourth-order valence-corrected chi connectivity index (χ4v) is 3.98. The van der Waals surface area contributed by atoms with Gasteiger partial charge in [-0.3, -0.25) is 4.79 Å². The molecule has 0 spiro atoms. The van der Waals surface area contributed by atoms with E-state index in [1.807, 2.05) is 0 Å². The number of carbonyl (C=O) groups excluding carboxylic acids is 1. The van der Waals surface area contributed by atoms with Crippen LogP contribution in [0.1, 0.15) is 126 Å². The summed E-state index contributed by atoms with van der Waals surface area (Å²) in [5.41, 5.74) is 0.530. The highest BCUT2D eigenvalue weighted by molar-refractivity contribution is 5.76. The number of rotatable bonds is 15. The lowest BCUT2D eigenvalue weighted by molar-refractivity contribution is -0.136. The predicted octanol–water partition coefficient (Wildman–Crippen LogP) is 7.61. The van der Waals surface area contributed by atoms with E-state index in [2.05, 4.69) is 60.4 Å². The summed E-state index contributed by atoms with van der Waals surface area (Å²) in [5, 5.41) is 0. The van der Waals surface area contributed by atoms with Gasteiger partial charge >= 0.3 is 0 Å². The van der Waals surface area contributed by atoms with Crippen LogP contribution >= 0.6 is 0 Å². The highest BCUT2D eigenvalue weighted by atomic mass is 16.2. The SMILES string of the molecule is CCCCCCCCC(=O)N(C)C(CC(C)(CC)CC)C(C)(CC)CC. The quantitative estimate of drug-likeness (QED) is 0.273. The number of hydrogen-bond donors (Lipinski definition) is 0. The Balaban J connectivity index is 4.98. The average molecular weight is 368 g/mol. The van der Waals surface area contributed by atoms with Gasteiger partial charge < -0.3 is 4.90 Å². The number of unbranched alkanes of at least 4 members (excludes halogenated alkanes) is 5. The Morgan fingerprint density at radius 3 is 1.77 bits per heavy atom. The summed E-state index contributed by atoms with van der Waals surface area (Å²) in [6.45, 7) is 16.2. The molecule has 0 aromatic heterocycles. The Morgan fingerprint density at radius 1 is 0.808 bits per heavy atom. The van der Waals surface area contributed by atoms with E-state index in [4.69, 9.17) is 0 Å². The van der Waals surface area contributed by atoms with Gasteiger partial charge in [0.05, 0.1) is 0 Å². The molecule has 1 unspecified atom stereocenters. The van der Waals surface area contributed by atoms with Crippen molar-refractivity contribution in [1.29, 1.82) is 0 Å². The van der Waals surface area contributed by atoms with Crippen molar-refractivity contribution in [1.82, 2.24) is 4.90 Å². The second-order valence-electron chi connectivity index (χ2n) is 9.12. The van der Waals surface area contributed by atoms with Crippen molar-refractivity contribution in [3.8, 4) is 0 Å². The summed E-state index contributed by atoms with van der Waals surface area (Å²) in [6, 6.07) is 0.343. The first-order valence-corrected chi connectivity index (χ1v) is 11.5. The van der Waals surface area contributed by atoms with Gasteiger partial charge in [-0.2, -0.15) is 0 Å². The van der Waals surface area contributed by atoms with Gasteiger partial charge in [-0.15, -0.1) is 0 Å². The number of hydrogen-bond acceptors (Lipinski definition) is 1. The third-order valence-electron chi connectivity index (χ3n) is 7.42. The molecule has 0 heterocycles. The molecule has 1 atom stereocenters. The van der Waals surface area contributed by atoms with Crippen molar-refractivity contribution < 1.29 is 4.79 Å². The number of nitrogens with zero attached hydrogens (tertiary/aromatic N) is 1. The smallest absolute Gasteiger partial charge is 0.222 e. The van der Waals surface area contributed by atoms with Crippen molar-refractivity contribution in [2.45, 2.75) is 132 Å². The van der Waals surface area contributed by atoms with Crippen LogP contribution in [0.15, 0.2) is 0 Å². The third-order valence-corrected chi connectivity index (χ3v) is 7.42. The van der Waals surface area contributed by atoms with Crippen LogP contribution in [0.4, 0.5) is 0 Å². The van der Waals surface area contributed by atoms with Crippen LogP contribution < -0.4 is 0 Å². The summed E-state index contributed by atoms with van der Waals surface area (Å²) in [4.78, 5) is 15.1. The topological polar surface area (TPSA) is 20.3 Å². The highest BCUT2D eigenvalue weighted by Gasteiger charge is 2.39. The normalized spacial score (nSPS) is 13.7. The molecule has 0 saturated heterocycles. The van der Waals surface area contributed by atoms with Crippen LogP contribution in [0.5, 0.6) is 0 Å². The maximum absolute atomic E-state index is 12.9. The van der Waals surface area contributed by atoms with Crippen molar-refractivity contribution >= 4 is 5.91 Å². The molecule has 0 fully saturated rings. The van der Waals surface area contributed by atoms with Gasteiger partial charge in [0.2, 0.25) is 5.91 Å². The first kappa shape index (κ1) is 25.5. The molecular formula is C24H49NO. The van der Waals surface area contributed by atoms with E-state index >= 15 is 0 Å². The Morgan fingerprint density at radius 2 is 1.31 bits per heavy atom. The minimum Gasteiger partial charge on any atom is -0.342 e. The molecular weight excluding hydrogens is 318 g/mol. The Kier molecular flexibility index (Phi) is 12.5. The summed E-state index contributed by atoms with van der Waals surface area (Å²) < 4.78 is 0. The van der Waals surface area contributed by atoms with Crippen LogP contribution in [0, 0.1) is 10.8 Å². The lowest BCUT2D eigenvalue weighted by Crippen LogP contribution is -2.49. The summed E-state index contributed by atoms with van der Waals surface area (Å²) in [6.07, 6.45) is 13.9. The van der Waals surface area contributed by atoms with Gasteiger partial charge in [-0.1, -0.05) is 93.4 Å². The summed E-state index contributed by atoms with van der Waals surface area (Å²) >= 11 is 0. The fraction of sp³-hybridized carbons (Fsp3) is 0.958. The Labute approximate surface area is 165 Å². The van der Waals surface area contributed by atoms with E-state index < -0.39 is 0 Å². The molecule has 0 bridgehead atoms. The second kappa shape index (κ2) is 12.8. The molecule has 0 radical (unpaired) electrons. The average Bonchev–Trinajstić information content (AvgIpc) is 2.67. The van der Waals surface area contributed by atoms with Gasteiger partial charge in [-0.25, -0.2) is 0 Å². The predicted molar refractivity (Wildman–Crippen MR) is 117 cm³/mol. The second-order valence-corrected chi connectivity index (χ2v) is 9.12. The van der Waals surface area contributed by atoms with Crippen molar-refractivity contribution in [3.63, 3.8) is 0 Å². The van der Waals surface area contributed by atoms with E-state index in [1.54, 1.807) is 0 Å². The molecule has 2 heteroatoms. The zero-order chi connectivity index (χ0) is 20.2. The lowest BCUT2D eigenvalue weighted by Gasteiger charge is -2.46. The zero-order valence-corrected chi connectivity index (χ0v) is 19.4. The van der Waals surface area contributed by atoms with E-state index in [9.17, 15) is 4.79 Å². The van der Waals surface area contributed by atoms with Crippen molar-refractivity contribution in [2.75, 3.05) is 7.05 Å². The summed E-state index contributed by atoms with van der Waals surface area (Å²) in [7, 11) is 2.07. The van der Waals surface area contributed by atoms with Crippen molar-refractivity contribution in [3.05, 3.63) is 0 Å². The maximum atomic E-state index is 12.9. The van der Waals surface area contributed by atoms with Gasteiger partial charge in [-0.05, 0) is 36.5 Å². The zero-order valence-electron chi connectivity index (χ0n) is 19.4. The minimum absolute atomic E-state index is 0.205. The molecule has 0 aliphatic heterocycles. The first-order chi connectivity index (χ1) is 12.2. The number of amides is 1. The van der Waals surface area contributed by atoms with Crippen LogP contribution in [0.2, 0.25) is 0 Å². The molecule has 1 amide bonds. The molecule has 0 aliphatic carbocycles. The van der Waals surface area contributed by atoms with E-state index in [1.165, 1.54) is 44.9 Å². The molecule has 0 rings (SSSR count). The fourth-order valence-electron chi connectivity index (χ4n) is 3.98. The molecule has 156 valence electrons. The van der Waals surface area contributed by atoms with Crippen LogP contribution in [-0.4, -0.2) is 23.9 Å². The minimum atomic E-state index is 0.205. The third kappa shape index (κ3) is 8.01. The van der Waals surface area contributed by atoms with Crippen LogP contribution in [-0.2, 0) is 4.79 Å². The van der Waals surface area contributed by atoms with Crippen LogP contribution in [0.3, 0.4) is 0 Å². The Hall–Kier alpha value is -0.530. The van der Waals surface area contributed by atoms with E-state index in [-0.39, 0.29) is 5.41 Å². The van der Waals surface area contributed by atoms with E-state index in [0.29, 0.717) is 17.4 Å². The van der Waals surface area contributed by atoms with Gasteiger partial charge in [0.1, 0.15) is 0 Å².